The number of rotatable bonds is 6. The monoisotopic (exact) mass is 347 g/mol. The number of thioether (sulfide) groups is 1. The molecule has 1 aliphatic heterocycles. The van der Waals surface area contributed by atoms with E-state index in [0.29, 0.717) is 16.9 Å². The van der Waals surface area contributed by atoms with Crippen molar-refractivity contribution in [1.82, 2.24) is 15.1 Å². The molecule has 1 aromatic carbocycles. The fraction of sp³-hybridized carbons (Fsp3) is 0.471. The van der Waals surface area contributed by atoms with Crippen molar-refractivity contribution in [2.75, 3.05) is 18.8 Å². The molecule has 1 saturated heterocycles. The summed E-state index contributed by atoms with van der Waals surface area (Å²) in [4.78, 5) is 13.9. The predicted molar refractivity (Wildman–Crippen MR) is 91.1 cm³/mol. The Balaban J connectivity index is 1.50. The van der Waals surface area contributed by atoms with Crippen LogP contribution in [0.5, 0.6) is 5.75 Å². The third-order valence-electron chi connectivity index (χ3n) is 3.92. The maximum absolute atomic E-state index is 12.0. The minimum atomic E-state index is 0.129. The molecule has 1 amide bonds. The van der Waals surface area contributed by atoms with Gasteiger partial charge in [-0.25, -0.2) is 0 Å². The third kappa shape index (κ3) is 4.29. The molecule has 0 radical (unpaired) electrons. The van der Waals surface area contributed by atoms with Crippen molar-refractivity contribution in [1.29, 1.82) is 0 Å². The first-order chi connectivity index (χ1) is 11.6. The Hall–Kier alpha value is -2.02. The zero-order chi connectivity index (χ0) is 16.9. The molecule has 6 nitrogen and oxygen atoms in total. The van der Waals surface area contributed by atoms with Gasteiger partial charge >= 0.3 is 0 Å². The minimum Gasteiger partial charge on any atom is -0.484 e. The first-order valence-corrected chi connectivity index (χ1v) is 9.03. The van der Waals surface area contributed by atoms with Gasteiger partial charge in [-0.2, -0.15) is 0 Å². The molecule has 2 aromatic rings. The lowest BCUT2D eigenvalue weighted by Crippen LogP contribution is -2.29. The highest BCUT2D eigenvalue weighted by Crippen LogP contribution is 2.22. The molecule has 7 heteroatoms. The van der Waals surface area contributed by atoms with E-state index >= 15 is 0 Å². The topological polar surface area (TPSA) is 68.5 Å². The maximum Gasteiger partial charge on any atom is 0.277 e. The van der Waals surface area contributed by atoms with Crippen LogP contribution in [0.2, 0.25) is 0 Å². The van der Waals surface area contributed by atoms with E-state index in [4.69, 9.17) is 9.15 Å². The van der Waals surface area contributed by atoms with Crippen molar-refractivity contribution in [3.63, 3.8) is 0 Å². The average Bonchev–Trinajstić information content (AvgIpc) is 3.25. The van der Waals surface area contributed by atoms with Crippen molar-refractivity contribution in [3.05, 3.63) is 35.2 Å². The highest BCUT2D eigenvalue weighted by atomic mass is 32.2. The molecular weight excluding hydrogens is 326 g/mol. The van der Waals surface area contributed by atoms with Crippen molar-refractivity contribution in [3.8, 4) is 5.75 Å². The van der Waals surface area contributed by atoms with Gasteiger partial charge in [-0.3, -0.25) is 4.79 Å². The van der Waals surface area contributed by atoms with Crippen LogP contribution in [0, 0.1) is 13.8 Å². The van der Waals surface area contributed by atoms with Crippen molar-refractivity contribution in [2.24, 2.45) is 0 Å². The SMILES string of the molecule is Cc1ccc(C)c(OCc2nnc(SCC(=O)N3CCCC3)o2)c1. The van der Waals surface area contributed by atoms with Gasteiger partial charge in [-0.05, 0) is 43.9 Å². The molecule has 0 spiro atoms. The molecule has 1 aromatic heterocycles. The van der Waals surface area contributed by atoms with Crippen molar-refractivity contribution >= 4 is 17.7 Å². The molecule has 0 bridgehead atoms. The molecule has 1 aliphatic rings. The van der Waals surface area contributed by atoms with Crippen LogP contribution in [-0.2, 0) is 11.4 Å². The second-order valence-corrected chi connectivity index (χ2v) is 6.82. The summed E-state index contributed by atoms with van der Waals surface area (Å²) in [6.45, 7) is 5.95. The molecule has 0 aliphatic carbocycles. The Morgan fingerprint density at radius 3 is 2.88 bits per heavy atom. The van der Waals surface area contributed by atoms with Crippen LogP contribution in [0.25, 0.3) is 0 Å². The maximum atomic E-state index is 12.0. The highest BCUT2D eigenvalue weighted by molar-refractivity contribution is 7.99. The van der Waals surface area contributed by atoms with E-state index < -0.39 is 0 Å². The van der Waals surface area contributed by atoms with Crippen LogP contribution in [-0.4, -0.2) is 39.8 Å². The zero-order valence-electron chi connectivity index (χ0n) is 13.9. The zero-order valence-corrected chi connectivity index (χ0v) is 14.8. The first kappa shape index (κ1) is 16.8. The van der Waals surface area contributed by atoms with Gasteiger partial charge in [-0.15, -0.1) is 10.2 Å². The largest absolute Gasteiger partial charge is 0.484 e. The van der Waals surface area contributed by atoms with Crippen molar-refractivity contribution < 1.29 is 13.9 Å². The molecule has 1 fully saturated rings. The number of hydrogen-bond donors (Lipinski definition) is 0. The van der Waals surface area contributed by atoms with Gasteiger partial charge in [0.15, 0.2) is 6.61 Å². The fourth-order valence-electron chi connectivity index (χ4n) is 2.54. The summed E-state index contributed by atoms with van der Waals surface area (Å²) >= 11 is 1.28. The second-order valence-electron chi connectivity index (χ2n) is 5.90. The van der Waals surface area contributed by atoms with E-state index in [1.165, 1.54) is 11.8 Å². The Morgan fingerprint density at radius 1 is 1.29 bits per heavy atom. The number of carbonyl (C=O) groups is 1. The van der Waals surface area contributed by atoms with Gasteiger partial charge in [0.25, 0.3) is 11.1 Å². The molecule has 3 rings (SSSR count). The molecule has 0 saturated carbocycles. The summed E-state index contributed by atoms with van der Waals surface area (Å²) in [6.07, 6.45) is 2.19. The normalized spacial score (nSPS) is 14.2. The van der Waals surface area contributed by atoms with Crippen LogP contribution < -0.4 is 4.74 Å². The van der Waals surface area contributed by atoms with E-state index in [0.717, 1.165) is 42.8 Å². The lowest BCUT2D eigenvalue weighted by atomic mass is 10.1. The van der Waals surface area contributed by atoms with Gasteiger partial charge in [0, 0.05) is 13.1 Å². The summed E-state index contributed by atoms with van der Waals surface area (Å²) in [5.74, 6) is 1.68. The van der Waals surface area contributed by atoms with E-state index in [2.05, 4.69) is 10.2 Å². The molecule has 0 unspecified atom stereocenters. The van der Waals surface area contributed by atoms with Gasteiger partial charge < -0.3 is 14.1 Å². The van der Waals surface area contributed by atoms with Gasteiger partial charge in [0.1, 0.15) is 5.75 Å². The van der Waals surface area contributed by atoms with Crippen LogP contribution in [0.1, 0.15) is 29.9 Å². The third-order valence-corrected chi connectivity index (χ3v) is 4.72. The summed E-state index contributed by atoms with van der Waals surface area (Å²) in [7, 11) is 0. The number of hydrogen-bond acceptors (Lipinski definition) is 6. The summed E-state index contributed by atoms with van der Waals surface area (Å²) in [6, 6.07) is 6.04. The number of aryl methyl sites for hydroxylation is 2. The van der Waals surface area contributed by atoms with Gasteiger partial charge in [0.05, 0.1) is 5.75 Å². The number of benzene rings is 1. The lowest BCUT2D eigenvalue weighted by molar-refractivity contribution is -0.127. The number of carbonyl (C=O) groups excluding carboxylic acids is 1. The van der Waals surface area contributed by atoms with E-state index in [-0.39, 0.29) is 12.5 Å². The smallest absolute Gasteiger partial charge is 0.277 e. The van der Waals surface area contributed by atoms with Crippen LogP contribution in [0.3, 0.4) is 0 Å². The number of likely N-dealkylation sites (tertiary alicyclic amines) is 1. The Kier molecular flexibility index (Phi) is 5.40. The van der Waals surface area contributed by atoms with E-state index in [1.807, 2.05) is 36.9 Å². The molecule has 0 N–H and O–H groups in total. The van der Waals surface area contributed by atoms with Gasteiger partial charge in [-0.1, -0.05) is 23.9 Å². The van der Waals surface area contributed by atoms with Crippen LogP contribution in [0.4, 0.5) is 0 Å². The lowest BCUT2D eigenvalue weighted by Gasteiger charge is -2.13. The average molecular weight is 347 g/mol. The van der Waals surface area contributed by atoms with Crippen molar-refractivity contribution in [2.45, 2.75) is 38.5 Å². The Labute approximate surface area is 145 Å². The minimum absolute atomic E-state index is 0.129. The standard InChI is InChI=1S/C17H21N3O3S/c1-12-5-6-13(2)14(9-12)22-10-15-18-19-17(23-15)24-11-16(21)20-7-3-4-8-20/h5-6,9H,3-4,7-8,10-11H2,1-2H3. The first-order valence-electron chi connectivity index (χ1n) is 8.05. The van der Waals surface area contributed by atoms with Crippen LogP contribution >= 0.6 is 11.8 Å². The quantitative estimate of drug-likeness (QED) is 0.748. The van der Waals surface area contributed by atoms with E-state index in [9.17, 15) is 4.79 Å². The number of amides is 1. The summed E-state index contributed by atoms with van der Waals surface area (Å²) < 4.78 is 11.3. The van der Waals surface area contributed by atoms with E-state index in [1.54, 1.807) is 0 Å². The van der Waals surface area contributed by atoms with Crippen LogP contribution in [0.15, 0.2) is 27.8 Å². The summed E-state index contributed by atoms with van der Waals surface area (Å²) in [5, 5.41) is 8.34. The highest BCUT2D eigenvalue weighted by Gasteiger charge is 2.19. The number of ether oxygens (including phenoxy) is 1. The number of aromatic nitrogens is 2. The molecule has 2 heterocycles. The predicted octanol–water partition coefficient (Wildman–Crippen LogP) is 2.98. The molecule has 24 heavy (non-hydrogen) atoms. The number of nitrogens with zero attached hydrogens (tertiary/aromatic N) is 3. The fourth-order valence-corrected chi connectivity index (χ4v) is 3.22. The molecular formula is C17H21N3O3S. The van der Waals surface area contributed by atoms with Gasteiger partial charge in [0.2, 0.25) is 5.91 Å². The summed E-state index contributed by atoms with van der Waals surface area (Å²) in [5.41, 5.74) is 2.20. The molecule has 128 valence electrons. The Bertz CT molecular complexity index is 711. The molecule has 0 atom stereocenters. The second kappa shape index (κ2) is 7.70. The Morgan fingerprint density at radius 2 is 2.08 bits per heavy atom.